The Balaban J connectivity index is 1.80. The minimum absolute atomic E-state index is 0.0634. The average molecular weight is 298 g/mol. The number of carbonyl (C=O) groups excluding carboxylic acids is 1. The number of aromatic amines is 1. The van der Waals surface area contributed by atoms with Gasteiger partial charge >= 0.3 is 0 Å². The zero-order valence-electron chi connectivity index (χ0n) is 11.1. The van der Waals surface area contributed by atoms with Crippen molar-refractivity contribution < 1.29 is 9.53 Å². The monoisotopic (exact) mass is 297 g/mol. The van der Waals surface area contributed by atoms with Gasteiger partial charge < -0.3 is 9.72 Å². The predicted molar refractivity (Wildman–Crippen MR) is 82.3 cm³/mol. The van der Waals surface area contributed by atoms with Crippen molar-refractivity contribution in [1.82, 2.24) is 4.98 Å². The number of hydrogen-bond acceptors (Lipinski definition) is 2. The Morgan fingerprint density at radius 1 is 1.24 bits per heavy atom. The second kappa shape index (κ2) is 4.64. The third kappa shape index (κ3) is 1.93. The highest BCUT2D eigenvalue weighted by Gasteiger charge is 2.31. The lowest BCUT2D eigenvalue weighted by molar-refractivity contribution is 0.0949. The van der Waals surface area contributed by atoms with E-state index in [0.717, 1.165) is 22.2 Å². The maximum atomic E-state index is 12.9. The van der Waals surface area contributed by atoms with E-state index >= 15 is 0 Å². The molecule has 4 rings (SSSR count). The summed E-state index contributed by atoms with van der Waals surface area (Å²) in [5.41, 5.74) is 2.53. The number of fused-ring (bicyclic) bond motifs is 2. The van der Waals surface area contributed by atoms with Crippen molar-refractivity contribution in [3.8, 4) is 5.75 Å². The molecule has 0 bridgehead atoms. The number of benzene rings is 2. The quantitative estimate of drug-likeness (QED) is 0.721. The van der Waals surface area contributed by atoms with E-state index < -0.39 is 0 Å². The summed E-state index contributed by atoms with van der Waals surface area (Å²) in [5.74, 6) is 0.612. The van der Waals surface area contributed by atoms with Crippen molar-refractivity contribution in [2.45, 2.75) is 5.92 Å². The molecule has 1 N–H and O–H groups in total. The van der Waals surface area contributed by atoms with Gasteiger partial charge in [-0.1, -0.05) is 29.8 Å². The summed E-state index contributed by atoms with van der Waals surface area (Å²) in [6.07, 6.45) is 1.75. The van der Waals surface area contributed by atoms with Crippen LogP contribution in [-0.4, -0.2) is 17.4 Å². The van der Waals surface area contributed by atoms with Gasteiger partial charge in [0.15, 0.2) is 5.78 Å². The van der Waals surface area contributed by atoms with Crippen LogP contribution in [0.1, 0.15) is 21.8 Å². The first kappa shape index (κ1) is 12.5. The zero-order chi connectivity index (χ0) is 14.4. The topological polar surface area (TPSA) is 42.1 Å². The third-order valence-corrected chi connectivity index (χ3v) is 4.16. The van der Waals surface area contributed by atoms with Crippen molar-refractivity contribution in [3.05, 3.63) is 64.8 Å². The normalized spacial score (nSPS) is 16.7. The standard InChI is InChI=1S/C17H12ClNO2/c18-10-5-6-15-12(7-10)13(8-19-15)17(20)14-9-21-16-4-2-1-3-11(14)16/h1-8,14,19H,9H2. The maximum absolute atomic E-state index is 12.9. The number of ether oxygens (including phenoxy) is 1. The van der Waals surface area contributed by atoms with Crippen LogP contribution < -0.4 is 4.74 Å². The van der Waals surface area contributed by atoms with E-state index in [4.69, 9.17) is 16.3 Å². The second-order valence-electron chi connectivity index (χ2n) is 5.16. The fourth-order valence-electron chi connectivity index (χ4n) is 2.86. The first-order valence-corrected chi connectivity index (χ1v) is 7.14. The average Bonchev–Trinajstić information content (AvgIpc) is 3.10. The van der Waals surface area contributed by atoms with Crippen LogP contribution in [0.25, 0.3) is 10.9 Å². The van der Waals surface area contributed by atoms with E-state index in [1.54, 1.807) is 6.20 Å². The number of nitrogens with one attached hydrogen (secondary N) is 1. The summed E-state index contributed by atoms with van der Waals surface area (Å²) in [5, 5.41) is 1.48. The van der Waals surface area contributed by atoms with E-state index in [2.05, 4.69) is 4.98 Å². The molecule has 0 saturated heterocycles. The molecule has 4 heteroatoms. The van der Waals surface area contributed by atoms with Gasteiger partial charge in [0.2, 0.25) is 0 Å². The van der Waals surface area contributed by atoms with E-state index in [1.165, 1.54) is 0 Å². The molecule has 3 nitrogen and oxygen atoms in total. The number of hydrogen-bond donors (Lipinski definition) is 1. The molecule has 3 aromatic rings. The van der Waals surface area contributed by atoms with E-state index in [1.807, 2.05) is 42.5 Å². The van der Waals surface area contributed by atoms with Crippen LogP contribution in [0, 0.1) is 0 Å². The Labute approximate surface area is 126 Å². The number of halogens is 1. The molecule has 0 saturated carbocycles. The SMILES string of the molecule is O=C(c1c[nH]c2ccc(Cl)cc12)C1COc2ccccc21. The van der Waals surface area contributed by atoms with Crippen LogP contribution in [0.2, 0.25) is 5.02 Å². The molecule has 0 spiro atoms. The van der Waals surface area contributed by atoms with E-state index in [9.17, 15) is 4.79 Å². The highest BCUT2D eigenvalue weighted by Crippen LogP contribution is 2.36. The third-order valence-electron chi connectivity index (χ3n) is 3.93. The van der Waals surface area contributed by atoms with Crippen molar-refractivity contribution >= 4 is 28.3 Å². The smallest absolute Gasteiger partial charge is 0.176 e. The van der Waals surface area contributed by atoms with Crippen molar-refractivity contribution in [2.24, 2.45) is 0 Å². The molecule has 0 aliphatic carbocycles. The molecule has 2 heterocycles. The minimum atomic E-state index is -0.251. The van der Waals surface area contributed by atoms with Crippen LogP contribution in [0.15, 0.2) is 48.7 Å². The molecule has 104 valence electrons. The first-order valence-electron chi connectivity index (χ1n) is 6.76. The highest BCUT2D eigenvalue weighted by atomic mass is 35.5. The van der Waals surface area contributed by atoms with Gasteiger partial charge in [0.05, 0.1) is 5.92 Å². The van der Waals surface area contributed by atoms with Crippen LogP contribution in [-0.2, 0) is 0 Å². The van der Waals surface area contributed by atoms with E-state index in [0.29, 0.717) is 17.2 Å². The molecule has 0 fully saturated rings. The fourth-order valence-corrected chi connectivity index (χ4v) is 3.04. The molecule has 1 aromatic heterocycles. The van der Waals surface area contributed by atoms with Gasteiger partial charge in [0.25, 0.3) is 0 Å². The number of aromatic nitrogens is 1. The molecule has 1 unspecified atom stereocenters. The highest BCUT2D eigenvalue weighted by molar-refractivity contribution is 6.31. The van der Waals surface area contributed by atoms with Crippen LogP contribution in [0.4, 0.5) is 0 Å². The van der Waals surface area contributed by atoms with Gasteiger partial charge in [-0.25, -0.2) is 0 Å². The molecular weight excluding hydrogens is 286 g/mol. The summed E-state index contributed by atoms with van der Waals surface area (Å²) in [6.45, 7) is 0.394. The fraction of sp³-hybridized carbons (Fsp3) is 0.118. The number of Topliss-reactive ketones (excluding diaryl/α,β-unsaturated/α-hetero) is 1. The lowest BCUT2D eigenvalue weighted by Gasteiger charge is -2.07. The molecular formula is C17H12ClNO2. The first-order chi connectivity index (χ1) is 10.2. The Hall–Kier alpha value is -2.26. The number of carbonyl (C=O) groups is 1. The minimum Gasteiger partial charge on any atom is -0.492 e. The summed E-state index contributed by atoms with van der Waals surface area (Å²) >= 11 is 6.04. The van der Waals surface area contributed by atoms with E-state index in [-0.39, 0.29) is 11.7 Å². The summed E-state index contributed by atoms with van der Waals surface area (Å²) < 4.78 is 5.61. The molecule has 2 aromatic carbocycles. The lowest BCUT2D eigenvalue weighted by Crippen LogP contribution is -2.13. The second-order valence-corrected chi connectivity index (χ2v) is 5.59. The predicted octanol–water partition coefficient (Wildman–Crippen LogP) is 4.18. The number of rotatable bonds is 2. The maximum Gasteiger partial charge on any atom is 0.176 e. The Morgan fingerprint density at radius 2 is 2.10 bits per heavy atom. The van der Waals surface area contributed by atoms with Crippen LogP contribution in [0.5, 0.6) is 5.75 Å². The van der Waals surface area contributed by atoms with Gasteiger partial charge in [-0.05, 0) is 24.3 Å². The summed E-state index contributed by atoms with van der Waals surface area (Å²) in [6, 6.07) is 13.2. The molecule has 1 aliphatic heterocycles. The van der Waals surface area contributed by atoms with Crippen molar-refractivity contribution in [2.75, 3.05) is 6.61 Å². The van der Waals surface area contributed by atoms with Crippen LogP contribution in [0.3, 0.4) is 0 Å². The Bertz CT molecular complexity index is 853. The number of ketones is 1. The molecule has 21 heavy (non-hydrogen) atoms. The van der Waals surface area contributed by atoms with Gasteiger partial charge in [-0.15, -0.1) is 0 Å². The lowest BCUT2D eigenvalue weighted by atomic mass is 9.92. The zero-order valence-corrected chi connectivity index (χ0v) is 11.9. The van der Waals surface area contributed by atoms with Crippen molar-refractivity contribution in [1.29, 1.82) is 0 Å². The molecule has 0 radical (unpaired) electrons. The summed E-state index contributed by atoms with van der Waals surface area (Å²) in [7, 11) is 0. The molecule has 0 amide bonds. The number of H-pyrrole nitrogens is 1. The van der Waals surface area contributed by atoms with Crippen LogP contribution >= 0.6 is 11.6 Å². The largest absolute Gasteiger partial charge is 0.492 e. The Morgan fingerprint density at radius 3 is 3.00 bits per heavy atom. The van der Waals surface area contributed by atoms with Gasteiger partial charge in [0, 0.05) is 33.2 Å². The van der Waals surface area contributed by atoms with Gasteiger partial charge in [0.1, 0.15) is 12.4 Å². The summed E-state index contributed by atoms with van der Waals surface area (Å²) in [4.78, 5) is 16.0. The van der Waals surface area contributed by atoms with Gasteiger partial charge in [-0.2, -0.15) is 0 Å². The Kier molecular flexibility index (Phi) is 2.76. The van der Waals surface area contributed by atoms with Crippen molar-refractivity contribution in [3.63, 3.8) is 0 Å². The molecule has 1 atom stereocenters. The number of para-hydroxylation sites is 1. The molecule has 1 aliphatic rings. The van der Waals surface area contributed by atoms with Gasteiger partial charge in [-0.3, -0.25) is 4.79 Å².